The van der Waals surface area contributed by atoms with Crippen LogP contribution in [0.5, 0.6) is 5.88 Å². The summed E-state index contributed by atoms with van der Waals surface area (Å²) in [6.45, 7) is 0.0537. The third kappa shape index (κ3) is 4.54. The number of H-pyrrole nitrogens is 1. The smallest absolute Gasteiger partial charge is 0.293 e. The summed E-state index contributed by atoms with van der Waals surface area (Å²) in [5.74, 6) is -1.59. The molecule has 0 unspecified atom stereocenters. The van der Waals surface area contributed by atoms with Crippen LogP contribution < -0.4 is 15.5 Å². The number of nitrogens with one attached hydrogen (secondary N) is 3. The van der Waals surface area contributed by atoms with E-state index in [-0.39, 0.29) is 47.1 Å². The van der Waals surface area contributed by atoms with Gasteiger partial charge in [-0.3, -0.25) is 15.5 Å². The van der Waals surface area contributed by atoms with Crippen LogP contribution in [-0.4, -0.2) is 61.0 Å². The van der Waals surface area contributed by atoms with Crippen LogP contribution in [-0.2, 0) is 0 Å². The highest BCUT2D eigenvalue weighted by molar-refractivity contribution is 6.31. The van der Waals surface area contributed by atoms with Crippen LogP contribution >= 0.6 is 11.6 Å². The number of rotatable bonds is 7. The monoisotopic (exact) mass is 411 g/mol. The Morgan fingerprint density at radius 2 is 2.29 bits per heavy atom. The molecule has 0 fully saturated rings. The maximum absolute atomic E-state index is 13.2. The van der Waals surface area contributed by atoms with E-state index in [4.69, 9.17) is 16.3 Å². The molecule has 0 spiro atoms. The lowest BCUT2D eigenvalue weighted by Crippen LogP contribution is -2.29. The van der Waals surface area contributed by atoms with Crippen LogP contribution in [0.15, 0.2) is 27.8 Å². The fourth-order valence-electron chi connectivity index (χ4n) is 1.88. The van der Waals surface area contributed by atoms with Crippen LogP contribution in [0.3, 0.4) is 0 Å². The normalized spacial score (nSPS) is 11.3. The van der Waals surface area contributed by atoms with Gasteiger partial charge in [0.1, 0.15) is 12.4 Å². The van der Waals surface area contributed by atoms with E-state index in [0.717, 1.165) is 6.07 Å². The summed E-state index contributed by atoms with van der Waals surface area (Å²) >= 11 is 5.70. The summed E-state index contributed by atoms with van der Waals surface area (Å²) in [4.78, 5) is 15.7. The van der Waals surface area contributed by atoms with Crippen LogP contribution in [0, 0.1) is 5.82 Å². The third-order valence-corrected chi connectivity index (χ3v) is 3.40. The highest BCUT2D eigenvalue weighted by Gasteiger charge is 2.18. The van der Waals surface area contributed by atoms with Gasteiger partial charge < -0.3 is 10.1 Å². The Bertz CT molecular complexity index is 978. The Labute approximate surface area is 159 Å². The molecule has 0 saturated carbocycles. The molecule has 3 rings (SSSR count). The second kappa shape index (κ2) is 8.83. The molecule has 0 aliphatic rings. The number of hydrogen-bond acceptors (Lipinski definition) is 10. The van der Waals surface area contributed by atoms with Gasteiger partial charge in [-0.05, 0) is 33.7 Å². The molecule has 15 heteroatoms. The number of aliphatic imine (C=N–C) groups is 1. The van der Waals surface area contributed by atoms with Crippen LogP contribution in [0.1, 0.15) is 16.3 Å². The van der Waals surface area contributed by atoms with Gasteiger partial charge in [-0.25, -0.2) is 14.0 Å². The zero-order valence-electron chi connectivity index (χ0n) is 13.8. The van der Waals surface area contributed by atoms with E-state index in [2.05, 4.69) is 45.9 Å². The highest BCUT2D eigenvalue weighted by atomic mass is 35.5. The van der Waals surface area contributed by atoms with E-state index >= 15 is 0 Å². The molecule has 2 heterocycles. The number of aromatic nitrogens is 6. The fraction of sp³-hybridized carbons (Fsp3) is 0.154. The van der Waals surface area contributed by atoms with Crippen molar-refractivity contribution in [3.8, 4) is 5.88 Å². The number of amidine groups is 1. The second-order valence-corrected chi connectivity index (χ2v) is 5.34. The average molecular weight is 412 g/mol. The number of halogens is 2. The first-order valence-electron chi connectivity index (χ1n) is 7.49. The van der Waals surface area contributed by atoms with Gasteiger partial charge in [-0.1, -0.05) is 11.6 Å². The van der Waals surface area contributed by atoms with Gasteiger partial charge in [-0.15, -0.1) is 10.2 Å². The first-order chi connectivity index (χ1) is 13.6. The molecule has 3 aromatic rings. The van der Waals surface area contributed by atoms with Crippen molar-refractivity contribution in [2.45, 2.75) is 0 Å². The van der Waals surface area contributed by atoms with Crippen molar-refractivity contribution in [1.82, 2.24) is 41.7 Å². The van der Waals surface area contributed by atoms with Crippen molar-refractivity contribution < 1.29 is 23.8 Å². The van der Waals surface area contributed by atoms with Crippen molar-refractivity contribution in [3.05, 3.63) is 40.6 Å². The molecule has 0 saturated heterocycles. The zero-order valence-corrected chi connectivity index (χ0v) is 14.5. The maximum Gasteiger partial charge on any atom is 0.293 e. The number of nitrogens with zero attached hydrogens (tertiary/aromatic N) is 6. The maximum atomic E-state index is 13.2. The molecule has 0 atom stereocenters. The molecule has 4 N–H and O–H groups in total. The summed E-state index contributed by atoms with van der Waals surface area (Å²) in [7, 11) is 0. The van der Waals surface area contributed by atoms with E-state index in [9.17, 15) is 14.4 Å². The van der Waals surface area contributed by atoms with Gasteiger partial charge in [0, 0.05) is 0 Å². The molecule has 0 aliphatic heterocycles. The Kier molecular flexibility index (Phi) is 6.03. The molecule has 1 aromatic carbocycles. The van der Waals surface area contributed by atoms with Gasteiger partial charge in [0.2, 0.25) is 5.69 Å². The minimum Gasteiger partial charge on any atom is -0.472 e. The molecule has 28 heavy (non-hydrogen) atoms. The molecule has 2 aromatic heterocycles. The van der Waals surface area contributed by atoms with Gasteiger partial charge in [0.05, 0.1) is 17.3 Å². The Morgan fingerprint density at radius 1 is 1.43 bits per heavy atom. The van der Waals surface area contributed by atoms with Gasteiger partial charge in [0.15, 0.2) is 5.84 Å². The lowest BCUT2D eigenvalue weighted by Gasteiger charge is -2.06. The lowest BCUT2D eigenvalue weighted by atomic mass is 10.3. The predicted molar refractivity (Wildman–Crippen MR) is 88.8 cm³/mol. The number of hydrogen-bond donors (Lipinski definition) is 4. The third-order valence-electron chi connectivity index (χ3n) is 3.11. The van der Waals surface area contributed by atoms with Crippen LogP contribution in [0.2, 0.25) is 5.02 Å². The molecule has 146 valence electrons. The Balaban J connectivity index is 1.63. The van der Waals surface area contributed by atoms with Crippen LogP contribution in [0.4, 0.5) is 10.1 Å². The number of carbonyl (C=O) groups excluding carboxylic acids is 1. The van der Waals surface area contributed by atoms with E-state index in [1.54, 1.807) is 0 Å². The zero-order chi connectivity index (χ0) is 19.9. The minimum absolute atomic E-state index is 0.0219. The lowest BCUT2D eigenvalue weighted by molar-refractivity contribution is 0.0936. The molecular weight excluding hydrogens is 401 g/mol. The van der Waals surface area contributed by atoms with Crippen molar-refractivity contribution in [2.24, 2.45) is 4.99 Å². The molecular formula is C13H11ClFN9O4. The number of hydroxylamine groups is 1. The second-order valence-electron chi connectivity index (χ2n) is 4.93. The topological polar surface area (TPSA) is 176 Å². The molecule has 0 bridgehead atoms. The summed E-state index contributed by atoms with van der Waals surface area (Å²) in [6.07, 6.45) is 0. The largest absolute Gasteiger partial charge is 0.472 e. The number of ether oxygens (including phenoxy) is 1. The van der Waals surface area contributed by atoms with E-state index in [1.165, 1.54) is 12.1 Å². The highest BCUT2D eigenvalue weighted by Crippen LogP contribution is 2.23. The van der Waals surface area contributed by atoms with Crippen molar-refractivity contribution in [1.29, 1.82) is 0 Å². The van der Waals surface area contributed by atoms with Gasteiger partial charge >= 0.3 is 0 Å². The summed E-state index contributed by atoms with van der Waals surface area (Å²) in [6, 6.07) is 3.69. The molecule has 0 aliphatic carbocycles. The fourth-order valence-corrected chi connectivity index (χ4v) is 2.06. The first kappa shape index (κ1) is 19.1. The van der Waals surface area contributed by atoms with Crippen LogP contribution in [0.25, 0.3) is 0 Å². The van der Waals surface area contributed by atoms with Gasteiger partial charge in [0.25, 0.3) is 17.6 Å². The van der Waals surface area contributed by atoms with Gasteiger partial charge in [-0.2, -0.15) is 5.21 Å². The molecule has 13 nitrogen and oxygen atoms in total. The van der Waals surface area contributed by atoms with E-state index in [1.807, 2.05) is 5.48 Å². The summed E-state index contributed by atoms with van der Waals surface area (Å²) in [5.41, 5.74) is 1.99. The molecule has 1 amide bonds. The standard InChI is InChI=1S/C13H11ClFN9O4/c14-7-5-6(1-2-8(7)15)17-10(20-26)9-13(22-28-21-9)27-4-3-16-12(25)11-18-23-24-19-11/h1-2,5,26H,3-4H2,(H,16,25)(H,17,20)(H,18,19,23,24). The number of carbonyl (C=O) groups is 1. The first-order valence-corrected chi connectivity index (χ1v) is 7.87. The number of benzene rings is 1. The molecule has 0 radical (unpaired) electrons. The Morgan fingerprint density at radius 3 is 3.00 bits per heavy atom. The predicted octanol–water partition coefficient (Wildman–Crippen LogP) is 0.241. The van der Waals surface area contributed by atoms with Crippen molar-refractivity contribution in [2.75, 3.05) is 13.2 Å². The number of amides is 1. The Hall–Kier alpha value is -3.65. The van der Waals surface area contributed by atoms with Crippen molar-refractivity contribution in [3.63, 3.8) is 0 Å². The minimum atomic E-state index is -0.617. The summed E-state index contributed by atoms with van der Waals surface area (Å²) < 4.78 is 23.2. The SMILES string of the molecule is O=C(NCCOc1nonc1C(=Nc1ccc(F)c(Cl)c1)NO)c1nn[nH]n1. The average Bonchev–Trinajstić information content (AvgIpc) is 3.38. The quantitative estimate of drug-likeness (QED) is 0.182. The van der Waals surface area contributed by atoms with E-state index in [0.29, 0.717) is 0 Å². The summed E-state index contributed by atoms with van der Waals surface area (Å²) in [5, 5.41) is 31.3. The van der Waals surface area contributed by atoms with Crippen molar-refractivity contribution >= 4 is 29.0 Å². The number of tetrazole rings is 1. The van der Waals surface area contributed by atoms with E-state index < -0.39 is 11.7 Å². The number of aromatic amines is 1.